The molecule has 0 saturated carbocycles. The fourth-order valence-corrected chi connectivity index (χ4v) is 5.99. The van der Waals surface area contributed by atoms with Gasteiger partial charge in [-0.2, -0.15) is 0 Å². The topological polar surface area (TPSA) is 86.8 Å². The van der Waals surface area contributed by atoms with Crippen molar-refractivity contribution in [2.24, 2.45) is 5.92 Å². The van der Waals surface area contributed by atoms with Crippen LogP contribution in [0, 0.1) is 12.8 Å². The number of carbonyl (C=O) groups is 2. The summed E-state index contributed by atoms with van der Waals surface area (Å²) in [7, 11) is -4.26. The smallest absolute Gasteiger partial charge is 0.264 e. The van der Waals surface area contributed by atoms with Crippen molar-refractivity contribution in [2.45, 2.75) is 45.2 Å². The van der Waals surface area contributed by atoms with Crippen molar-refractivity contribution in [2.75, 3.05) is 17.4 Å². The van der Waals surface area contributed by atoms with Gasteiger partial charge in [0.2, 0.25) is 11.8 Å². The lowest BCUT2D eigenvalue weighted by atomic mass is 10.1. The van der Waals surface area contributed by atoms with E-state index in [9.17, 15) is 18.0 Å². The SMILES string of the molecule is Cc1ccc(S(=O)(=O)N(CC(=O)N(Cc2cccc(Cl)c2)[C@@H](C)C(=O)NCC(C)C)c2cccc(Cl)c2Cl)cc1. The molecule has 0 radical (unpaired) electrons. The molecule has 0 saturated heterocycles. The summed E-state index contributed by atoms with van der Waals surface area (Å²) in [6.45, 7) is 7.18. The largest absolute Gasteiger partial charge is 0.354 e. The molecule has 0 unspecified atom stereocenters. The molecule has 1 atom stereocenters. The Morgan fingerprint density at radius 3 is 2.20 bits per heavy atom. The van der Waals surface area contributed by atoms with Crippen LogP contribution >= 0.6 is 34.8 Å². The van der Waals surface area contributed by atoms with Crippen LogP contribution in [0.4, 0.5) is 5.69 Å². The van der Waals surface area contributed by atoms with E-state index in [1.54, 1.807) is 49.4 Å². The Morgan fingerprint density at radius 1 is 0.925 bits per heavy atom. The third-order valence-corrected chi connectivity index (χ3v) is 9.00. The van der Waals surface area contributed by atoms with Crippen LogP contribution in [0.2, 0.25) is 15.1 Å². The zero-order chi connectivity index (χ0) is 29.6. The van der Waals surface area contributed by atoms with Crippen LogP contribution in [0.1, 0.15) is 31.9 Å². The molecule has 214 valence electrons. The average molecular weight is 625 g/mol. The molecule has 0 aromatic heterocycles. The van der Waals surface area contributed by atoms with Gasteiger partial charge in [0.05, 0.1) is 20.6 Å². The van der Waals surface area contributed by atoms with Gasteiger partial charge in [0.15, 0.2) is 0 Å². The van der Waals surface area contributed by atoms with Gasteiger partial charge in [-0.1, -0.05) is 84.5 Å². The summed E-state index contributed by atoms with van der Waals surface area (Å²) in [5, 5.41) is 3.43. The standard InChI is InChI=1S/C29H32Cl3N3O4S/c1-19(2)16-33-29(37)21(4)34(17-22-7-5-8-23(30)15-22)27(36)18-35(26-10-6-9-25(31)28(26)32)40(38,39)24-13-11-20(3)12-14-24/h5-15,19,21H,16-18H2,1-4H3,(H,33,37)/t21-/m0/s1. The van der Waals surface area contributed by atoms with Crippen molar-refractivity contribution in [3.05, 3.63) is 92.9 Å². The van der Waals surface area contributed by atoms with Gasteiger partial charge in [-0.3, -0.25) is 13.9 Å². The molecule has 11 heteroatoms. The predicted molar refractivity (Wildman–Crippen MR) is 161 cm³/mol. The molecule has 3 aromatic carbocycles. The Bertz CT molecular complexity index is 1460. The maximum atomic E-state index is 14.0. The summed E-state index contributed by atoms with van der Waals surface area (Å²) in [4.78, 5) is 28.3. The zero-order valence-corrected chi connectivity index (χ0v) is 25.8. The molecule has 3 aromatic rings. The average Bonchev–Trinajstić information content (AvgIpc) is 2.90. The van der Waals surface area contributed by atoms with Crippen LogP contribution in [0.25, 0.3) is 0 Å². The normalized spacial score (nSPS) is 12.2. The number of nitrogens with one attached hydrogen (secondary N) is 1. The van der Waals surface area contributed by atoms with E-state index in [0.717, 1.165) is 9.87 Å². The zero-order valence-electron chi connectivity index (χ0n) is 22.7. The minimum Gasteiger partial charge on any atom is -0.354 e. The highest BCUT2D eigenvalue weighted by Crippen LogP contribution is 2.35. The van der Waals surface area contributed by atoms with Crippen molar-refractivity contribution < 1.29 is 18.0 Å². The van der Waals surface area contributed by atoms with Crippen molar-refractivity contribution >= 4 is 62.3 Å². The minimum atomic E-state index is -4.26. The minimum absolute atomic E-state index is 0.0169. The second-order valence-electron chi connectivity index (χ2n) is 9.86. The predicted octanol–water partition coefficient (Wildman–Crippen LogP) is 6.34. The molecule has 40 heavy (non-hydrogen) atoms. The first-order valence-electron chi connectivity index (χ1n) is 12.7. The number of nitrogens with zero attached hydrogens (tertiary/aromatic N) is 2. The van der Waals surface area contributed by atoms with Crippen LogP contribution in [0.5, 0.6) is 0 Å². The lowest BCUT2D eigenvalue weighted by Gasteiger charge is -2.32. The Labute approximate surface area is 251 Å². The fourth-order valence-electron chi connectivity index (χ4n) is 3.90. The molecule has 3 rings (SSSR count). The van der Waals surface area contributed by atoms with E-state index in [0.29, 0.717) is 17.1 Å². The molecule has 7 nitrogen and oxygen atoms in total. The van der Waals surface area contributed by atoms with Gasteiger partial charge in [-0.25, -0.2) is 8.42 Å². The maximum absolute atomic E-state index is 14.0. The Balaban J connectivity index is 2.06. The number of amides is 2. The van der Waals surface area contributed by atoms with Crippen LogP contribution < -0.4 is 9.62 Å². The van der Waals surface area contributed by atoms with Gasteiger partial charge in [-0.05, 0) is 61.7 Å². The lowest BCUT2D eigenvalue weighted by Crippen LogP contribution is -2.51. The maximum Gasteiger partial charge on any atom is 0.264 e. The highest BCUT2D eigenvalue weighted by atomic mass is 35.5. The molecular formula is C29H32Cl3N3O4S. The first-order chi connectivity index (χ1) is 18.8. The molecule has 0 aliphatic rings. The molecule has 0 fully saturated rings. The van der Waals surface area contributed by atoms with Gasteiger partial charge >= 0.3 is 0 Å². The number of hydrogen-bond acceptors (Lipinski definition) is 4. The second kappa shape index (κ2) is 13.7. The lowest BCUT2D eigenvalue weighted by molar-refractivity contribution is -0.139. The van der Waals surface area contributed by atoms with Gasteiger partial charge in [-0.15, -0.1) is 0 Å². The summed E-state index contributed by atoms with van der Waals surface area (Å²) < 4.78 is 28.7. The number of carbonyl (C=O) groups excluding carboxylic acids is 2. The summed E-state index contributed by atoms with van der Waals surface area (Å²) in [5.74, 6) is -0.773. The van der Waals surface area contributed by atoms with Gasteiger partial charge in [0, 0.05) is 18.1 Å². The van der Waals surface area contributed by atoms with Gasteiger partial charge in [0.1, 0.15) is 12.6 Å². The highest BCUT2D eigenvalue weighted by Gasteiger charge is 2.33. The van der Waals surface area contributed by atoms with E-state index in [-0.39, 0.29) is 39.0 Å². The molecule has 0 bridgehead atoms. The number of hydrogen-bond donors (Lipinski definition) is 1. The Kier molecular flexibility index (Phi) is 10.9. The van der Waals surface area contributed by atoms with Crippen molar-refractivity contribution in [3.63, 3.8) is 0 Å². The third-order valence-electron chi connectivity index (χ3n) is 6.18. The van der Waals surface area contributed by atoms with E-state index in [4.69, 9.17) is 34.8 Å². The second-order valence-corrected chi connectivity index (χ2v) is 12.9. The van der Waals surface area contributed by atoms with E-state index in [1.807, 2.05) is 20.8 Å². The van der Waals surface area contributed by atoms with Crippen LogP contribution in [0.15, 0.2) is 71.6 Å². The third kappa shape index (κ3) is 7.91. The molecule has 0 heterocycles. The summed E-state index contributed by atoms with van der Waals surface area (Å²) in [5.41, 5.74) is 1.59. The number of aryl methyl sites for hydroxylation is 1. The number of halogens is 3. The van der Waals surface area contributed by atoms with E-state index < -0.39 is 28.5 Å². The summed E-state index contributed by atoms with van der Waals surface area (Å²) in [6, 6.07) is 16.8. The molecule has 0 aliphatic heterocycles. The molecule has 2 amide bonds. The first kappa shape index (κ1) is 31.7. The molecule has 0 spiro atoms. The highest BCUT2D eigenvalue weighted by molar-refractivity contribution is 7.92. The van der Waals surface area contributed by atoms with Crippen LogP contribution in [-0.2, 0) is 26.2 Å². The Hall–Kier alpha value is -2.78. The van der Waals surface area contributed by atoms with E-state index in [1.165, 1.54) is 29.2 Å². The molecular weight excluding hydrogens is 593 g/mol. The van der Waals surface area contributed by atoms with Crippen molar-refractivity contribution in [1.82, 2.24) is 10.2 Å². The Morgan fingerprint density at radius 2 is 1.57 bits per heavy atom. The van der Waals surface area contributed by atoms with E-state index >= 15 is 0 Å². The number of rotatable bonds is 11. The van der Waals surface area contributed by atoms with Crippen molar-refractivity contribution in [3.8, 4) is 0 Å². The molecule has 0 aliphatic carbocycles. The van der Waals surface area contributed by atoms with E-state index in [2.05, 4.69) is 5.32 Å². The summed E-state index contributed by atoms with van der Waals surface area (Å²) in [6.07, 6.45) is 0. The first-order valence-corrected chi connectivity index (χ1v) is 15.2. The number of anilines is 1. The summed E-state index contributed by atoms with van der Waals surface area (Å²) >= 11 is 18.9. The van der Waals surface area contributed by atoms with Gasteiger partial charge in [0.25, 0.3) is 10.0 Å². The number of benzene rings is 3. The fraction of sp³-hybridized carbons (Fsp3) is 0.310. The monoisotopic (exact) mass is 623 g/mol. The van der Waals surface area contributed by atoms with Crippen molar-refractivity contribution in [1.29, 1.82) is 0 Å². The number of sulfonamides is 1. The van der Waals surface area contributed by atoms with Gasteiger partial charge < -0.3 is 10.2 Å². The van der Waals surface area contributed by atoms with Crippen LogP contribution in [0.3, 0.4) is 0 Å². The quantitative estimate of drug-likeness (QED) is 0.270. The van der Waals surface area contributed by atoms with Crippen LogP contribution in [-0.4, -0.2) is 44.3 Å². The molecule has 1 N–H and O–H groups in total.